The van der Waals surface area contributed by atoms with Crippen LogP contribution in [0.4, 0.5) is 27.7 Å². The number of aromatic nitrogens is 4. The summed E-state index contributed by atoms with van der Waals surface area (Å²) in [5.41, 5.74) is 3.04. The predicted molar refractivity (Wildman–Crippen MR) is 118 cm³/mol. The number of nitrogens with one attached hydrogen (secondary N) is 3. The van der Waals surface area contributed by atoms with Crippen LogP contribution in [0.25, 0.3) is 5.82 Å². The van der Waals surface area contributed by atoms with E-state index < -0.39 is 0 Å². The topological polar surface area (TPSA) is 96.8 Å². The minimum Gasteiger partial charge on any atom is -0.340 e. The third kappa shape index (κ3) is 4.73. The Morgan fingerprint density at radius 2 is 1.70 bits per heavy atom. The zero-order valence-corrected chi connectivity index (χ0v) is 16.8. The minimum atomic E-state index is -0.352. The van der Waals surface area contributed by atoms with Crippen molar-refractivity contribution in [2.75, 3.05) is 16.0 Å². The molecule has 2 amide bonds. The van der Waals surface area contributed by atoms with Crippen molar-refractivity contribution in [2.24, 2.45) is 0 Å². The van der Waals surface area contributed by atoms with E-state index in [0.29, 0.717) is 28.0 Å². The summed E-state index contributed by atoms with van der Waals surface area (Å²) in [6.07, 6.45) is 4.96. The fraction of sp³-hybridized carbons (Fsp3) is 0.0476. The second-order valence-electron chi connectivity index (χ2n) is 6.46. The van der Waals surface area contributed by atoms with Crippen molar-refractivity contribution < 1.29 is 4.79 Å². The molecule has 4 aromatic rings. The van der Waals surface area contributed by atoms with Gasteiger partial charge >= 0.3 is 6.03 Å². The van der Waals surface area contributed by atoms with Crippen LogP contribution in [-0.2, 0) is 0 Å². The van der Waals surface area contributed by atoms with Gasteiger partial charge in [0.1, 0.15) is 12.1 Å². The fourth-order valence-electron chi connectivity index (χ4n) is 2.69. The molecule has 0 unspecified atom stereocenters. The Morgan fingerprint density at radius 1 is 0.967 bits per heavy atom. The lowest BCUT2D eigenvalue weighted by molar-refractivity contribution is 0.262. The van der Waals surface area contributed by atoms with Gasteiger partial charge in [0.25, 0.3) is 0 Å². The van der Waals surface area contributed by atoms with Crippen LogP contribution >= 0.6 is 11.6 Å². The standard InChI is InChI=1S/C21H18ClN7O/c1-14-3-4-17(11-18(14)22)28-21(30)27-16-7-5-15(6-8-16)26-19-12-20(24-13-23-19)29-10-2-9-25-29/h2-13H,1H3,(H,23,24,26)(H2,27,28,30). The summed E-state index contributed by atoms with van der Waals surface area (Å²) >= 11 is 6.09. The molecule has 0 aliphatic rings. The molecule has 0 spiro atoms. The van der Waals surface area contributed by atoms with E-state index in [9.17, 15) is 4.79 Å². The highest BCUT2D eigenvalue weighted by Gasteiger charge is 2.06. The number of rotatable bonds is 5. The van der Waals surface area contributed by atoms with Gasteiger partial charge in [-0.1, -0.05) is 17.7 Å². The maximum absolute atomic E-state index is 12.2. The van der Waals surface area contributed by atoms with E-state index in [2.05, 4.69) is 31.0 Å². The largest absolute Gasteiger partial charge is 0.340 e. The lowest BCUT2D eigenvalue weighted by Crippen LogP contribution is -2.19. The molecule has 0 radical (unpaired) electrons. The Kier molecular flexibility index (Phi) is 5.58. The molecule has 2 aromatic carbocycles. The molecule has 0 aliphatic heterocycles. The molecule has 0 bridgehead atoms. The van der Waals surface area contributed by atoms with Gasteiger partial charge in [0.05, 0.1) is 0 Å². The summed E-state index contributed by atoms with van der Waals surface area (Å²) in [6.45, 7) is 1.90. The third-order valence-corrected chi connectivity index (χ3v) is 4.64. The molecule has 0 saturated carbocycles. The number of hydrogen-bond donors (Lipinski definition) is 3. The Labute approximate surface area is 177 Å². The van der Waals surface area contributed by atoms with Gasteiger partial charge in [-0.25, -0.2) is 19.4 Å². The number of carbonyl (C=O) groups excluding carboxylic acids is 1. The van der Waals surface area contributed by atoms with E-state index in [4.69, 9.17) is 11.6 Å². The van der Waals surface area contributed by atoms with Gasteiger partial charge in [-0.05, 0) is 55.0 Å². The van der Waals surface area contributed by atoms with E-state index in [1.807, 2.05) is 37.4 Å². The summed E-state index contributed by atoms with van der Waals surface area (Å²) in [6, 6.07) is 15.9. The number of aryl methyl sites for hydroxylation is 1. The van der Waals surface area contributed by atoms with Crippen molar-refractivity contribution in [1.82, 2.24) is 19.7 Å². The van der Waals surface area contributed by atoms with Gasteiger partial charge in [0.15, 0.2) is 5.82 Å². The molecule has 0 fully saturated rings. The van der Waals surface area contributed by atoms with Gasteiger partial charge in [-0.3, -0.25) is 0 Å². The summed E-state index contributed by atoms with van der Waals surface area (Å²) in [5.74, 6) is 1.29. The molecule has 150 valence electrons. The average molecular weight is 420 g/mol. The molecule has 8 nitrogen and oxygen atoms in total. The Hall–Kier alpha value is -3.91. The number of urea groups is 1. The molecule has 0 saturated heterocycles. The monoisotopic (exact) mass is 419 g/mol. The number of anilines is 4. The highest BCUT2D eigenvalue weighted by atomic mass is 35.5. The minimum absolute atomic E-state index is 0.352. The molecule has 2 heterocycles. The van der Waals surface area contributed by atoms with Gasteiger partial charge in [-0.2, -0.15) is 5.10 Å². The van der Waals surface area contributed by atoms with Crippen molar-refractivity contribution in [3.05, 3.63) is 83.9 Å². The molecule has 4 rings (SSSR count). The van der Waals surface area contributed by atoms with Crippen LogP contribution in [-0.4, -0.2) is 25.8 Å². The van der Waals surface area contributed by atoms with Crippen molar-refractivity contribution >= 4 is 40.5 Å². The molecule has 0 aliphatic carbocycles. The Morgan fingerprint density at radius 3 is 2.43 bits per heavy atom. The van der Waals surface area contributed by atoms with Crippen LogP contribution in [0, 0.1) is 6.92 Å². The zero-order valence-electron chi connectivity index (χ0n) is 16.0. The fourth-order valence-corrected chi connectivity index (χ4v) is 2.87. The van der Waals surface area contributed by atoms with Gasteiger partial charge in [0, 0.05) is 40.5 Å². The number of hydrogen-bond acceptors (Lipinski definition) is 5. The van der Waals surface area contributed by atoms with E-state index in [1.165, 1.54) is 6.33 Å². The molecule has 2 aromatic heterocycles. The third-order valence-electron chi connectivity index (χ3n) is 4.24. The first-order valence-electron chi connectivity index (χ1n) is 9.10. The van der Waals surface area contributed by atoms with Crippen LogP contribution in [0.15, 0.2) is 73.3 Å². The summed E-state index contributed by atoms with van der Waals surface area (Å²) in [7, 11) is 0. The smallest absolute Gasteiger partial charge is 0.323 e. The SMILES string of the molecule is Cc1ccc(NC(=O)Nc2ccc(Nc3cc(-n4cccn4)ncn3)cc2)cc1Cl. The lowest BCUT2D eigenvalue weighted by atomic mass is 10.2. The molecule has 9 heteroatoms. The van der Waals surface area contributed by atoms with E-state index in [-0.39, 0.29) is 6.03 Å². The summed E-state index contributed by atoms with van der Waals surface area (Å²) in [4.78, 5) is 20.6. The quantitative estimate of drug-likeness (QED) is 0.422. The second-order valence-corrected chi connectivity index (χ2v) is 6.86. The first-order chi connectivity index (χ1) is 14.6. The van der Waals surface area contributed by atoms with E-state index in [1.54, 1.807) is 41.2 Å². The number of benzene rings is 2. The molecule has 3 N–H and O–H groups in total. The number of amides is 2. The van der Waals surface area contributed by atoms with Crippen molar-refractivity contribution in [2.45, 2.75) is 6.92 Å². The van der Waals surface area contributed by atoms with Crippen LogP contribution in [0.5, 0.6) is 0 Å². The van der Waals surface area contributed by atoms with Gasteiger partial charge in [-0.15, -0.1) is 0 Å². The van der Waals surface area contributed by atoms with Crippen molar-refractivity contribution in [3.63, 3.8) is 0 Å². The van der Waals surface area contributed by atoms with Crippen molar-refractivity contribution in [1.29, 1.82) is 0 Å². The lowest BCUT2D eigenvalue weighted by Gasteiger charge is -2.10. The van der Waals surface area contributed by atoms with E-state index >= 15 is 0 Å². The molecular formula is C21H18ClN7O. The van der Waals surface area contributed by atoms with Crippen molar-refractivity contribution in [3.8, 4) is 5.82 Å². The van der Waals surface area contributed by atoms with Gasteiger partial charge < -0.3 is 16.0 Å². The Balaban J connectivity index is 1.37. The number of halogens is 1. The normalized spacial score (nSPS) is 10.5. The first kappa shape index (κ1) is 19.4. The highest BCUT2D eigenvalue weighted by molar-refractivity contribution is 6.31. The van der Waals surface area contributed by atoms with Crippen LogP contribution in [0.3, 0.4) is 0 Å². The molecular weight excluding hydrogens is 402 g/mol. The van der Waals surface area contributed by atoms with Crippen LogP contribution in [0.1, 0.15) is 5.56 Å². The maximum atomic E-state index is 12.2. The number of nitrogens with zero attached hydrogens (tertiary/aromatic N) is 4. The van der Waals surface area contributed by atoms with Crippen LogP contribution < -0.4 is 16.0 Å². The molecule has 0 atom stereocenters. The maximum Gasteiger partial charge on any atom is 0.323 e. The van der Waals surface area contributed by atoms with Crippen LogP contribution in [0.2, 0.25) is 5.02 Å². The van der Waals surface area contributed by atoms with E-state index in [0.717, 1.165) is 11.3 Å². The summed E-state index contributed by atoms with van der Waals surface area (Å²) in [5, 5.41) is 13.5. The second kappa shape index (κ2) is 8.62. The number of carbonyl (C=O) groups is 1. The summed E-state index contributed by atoms with van der Waals surface area (Å²) < 4.78 is 1.65. The molecule has 30 heavy (non-hydrogen) atoms. The van der Waals surface area contributed by atoms with Gasteiger partial charge in [0.2, 0.25) is 0 Å². The zero-order chi connectivity index (χ0) is 20.9. The average Bonchev–Trinajstić information content (AvgIpc) is 3.27. The Bertz CT molecular complexity index is 1160. The first-order valence-corrected chi connectivity index (χ1v) is 9.48. The predicted octanol–water partition coefficient (Wildman–Crippen LogP) is 5.01. The highest BCUT2D eigenvalue weighted by Crippen LogP contribution is 2.21.